The van der Waals surface area contributed by atoms with Gasteiger partial charge in [-0.1, -0.05) is 6.07 Å². The van der Waals surface area contributed by atoms with Gasteiger partial charge in [0, 0.05) is 19.2 Å². The van der Waals surface area contributed by atoms with E-state index in [0.29, 0.717) is 17.9 Å². The van der Waals surface area contributed by atoms with Crippen molar-refractivity contribution in [2.75, 3.05) is 20.2 Å². The summed E-state index contributed by atoms with van der Waals surface area (Å²) in [4.78, 5) is 13.6. The number of amides is 1. The molecule has 0 unspecified atom stereocenters. The van der Waals surface area contributed by atoms with E-state index in [1.807, 2.05) is 13.0 Å². The molecule has 0 aliphatic rings. The molecule has 0 fully saturated rings. The topological polar surface area (TPSA) is 49.8 Å². The molecule has 0 spiro atoms. The quantitative estimate of drug-likeness (QED) is 0.870. The molecule has 4 heteroatoms. The van der Waals surface area contributed by atoms with E-state index in [9.17, 15) is 9.90 Å². The molecule has 1 aromatic carbocycles. The van der Waals surface area contributed by atoms with E-state index in [0.717, 1.165) is 0 Å². The second-order valence-corrected chi connectivity index (χ2v) is 4.93. The Kier molecular flexibility index (Phi) is 4.73. The molecular formula is C14H21NO3. The van der Waals surface area contributed by atoms with E-state index in [-0.39, 0.29) is 12.5 Å². The van der Waals surface area contributed by atoms with E-state index in [1.54, 1.807) is 39.1 Å². The number of hydrogen-bond donors (Lipinski definition) is 1. The van der Waals surface area contributed by atoms with E-state index in [4.69, 9.17) is 4.74 Å². The lowest BCUT2D eigenvalue weighted by molar-refractivity contribution is 0.0368. The Morgan fingerprint density at radius 3 is 2.67 bits per heavy atom. The molecule has 1 aromatic rings. The number of nitrogens with zero attached hydrogens (tertiary/aromatic N) is 1. The van der Waals surface area contributed by atoms with Gasteiger partial charge in [0.15, 0.2) is 0 Å². The van der Waals surface area contributed by atoms with Gasteiger partial charge in [0.05, 0.1) is 12.2 Å². The van der Waals surface area contributed by atoms with Gasteiger partial charge in [-0.25, -0.2) is 0 Å². The molecule has 0 heterocycles. The smallest absolute Gasteiger partial charge is 0.253 e. The van der Waals surface area contributed by atoms with Gasteiger partial charge >= 0.3 is 0 Å². The van der Waals surface area contributed by atoms with E-state index in [1.165, 1.54) is 4.90 Å². The molecule has 0 aromatic heterocycles. The maximum absolute atomic E-state index is 12.1. The van der Waals surface area contributed by atoms with Gasteiger partial charge in [0.2, 0.25) is 0 Å². The predicted octanol–water partition coefficient (Wildman–Crippen LogP) is 1.93. The molecule has 0 radical (unpaired) electrons. The van der Waals surface area contributed by atoms with E-state index in [2.05, 4.69) is 0 Å². The lowest BCUT2D eigenvalue weighted by Crippen LogP contribution is -2.39. The van der Waals surface area contributed by atoms with Crippen LogP contribution in [0.4, 0.5) is 0 Å². The molecule has 0 bridgehead atoms. The monoisotopic (exact) mass is 251 g/mol. The van der Waals surface area contributed by atoms with Crippen molar-refractivity contribution in [3.05, 3.63) is 29.8 Å². The number of aliphatic hydroxyl groups is 1. The van der Waals surface area contributed by atoms with Crippen molar-refractivity contribution in [1.82, 2.24) is 4.90 Å². The molecule has 1 N–H and O–H groups in total. The molecule has 100 valence electrons. The maximum Gasteiger partial charge on any atom is 0.253 e. The van der Waals surface area contributed by atoms with Crippen LogP contribution in [0.15, 0.2) is 24.3 Å². The summed E-state index contributed by atoms with van der Waals surface area (Å²) < 4.78 is 5.36. The largest absolute Gasteiger partial charge is 0.494 e. The average Bonchev–Trinajstić information content (AvgIpc) is 2.26. The van der Waals surface area contributed by atoms with Crippen LogP contribution in [0.5, 0.6) is 5.75 Å². The first kappa shape index (κ1) is 14.5. The van der Waals surface area contributed by atoms with Crippen molar-refractivity contribution in [3.63, 3.8) is 0 Å². The Hall–Kier alpha value is -1.55. The highest BCUT2D eigenvalue weighted by molar-refractivity contribution is 5.94. The fraction of sp³-hybridized carbons (Fsp3) is 0.500. The van der Waals surface area contributed by atoms with Crippen LogP contribution >= 0.6 is 0 Å². The van der Waals surface area contributed by atoms with Gasteiger partial charge in [0.1, 0.15) is 5.75 Å². The zero-order chi connectivity index (χ0) is 13.8. The Morgan fingerprint density at radius 2 is 2.11 bits per heavy atom. The van der Waals surface area contributed by atoms with Crippen molar-refractivity contribution in [3.8, 4) is 5.75 Å². The van der Waals surface area contributed by atoms with Crippen molar-refractivity contribution in [1.29, 1.82) is 0 Å². The maximum atomic E-state index is 12.1. The molecule has 18 heavy (non-hydrogen) atoms. The van der Waals surface area contributed by atoms with E-state index >= 15 is 0 Å². The Bertz CT molecular complexity index is 410. The van der Waals surface area contributed by atoms with Gasteiger partial charge in [-0.3, -0.25) is 4.79 Å². The fourth-order valence-corrected chi connectivity index (χ4v) is 1.76. The third-order valence-electron chi connectivity index (χ3n) is 2.36. The Labute approximate surface area is 108 Å². The van der Waals surface area contributed by atoms with Gasteiger partial charge in [-0.05, 0) is 39.0 Å². The van der Waals surface area contributed by atoms with Crippen LogP contribution in [0, 0.1) is 0 Å². The summed E-state index contributed by atoms with van der Waals surface area (Å²) in [5.74, 6) is 0.554. The van der Waals surface area contributed by atoms with Crippen molar-refractivity contribution >= 4 is 5.91 Å². The lowest BCUT2D eigenvalue weighted by Gasteiger charge is -2.25. The molecule has 0 aliphatic carbocycles. The molecule has 0 saturated heterocycles. The third-order valence-corrected chi connectivity index (χ3v) is 2.36. The van der Waals surface area contributed by atoms with Crippen LogP contribution in [0.3, 0.4) is 0 Å². The first-order valence-electron chi connectivity index (χ1n) is 6.04. The zero-order valence-electron chi connectivity index (χ0n) is 11.4. The van der Waals surface area contributed by atoms with Gasteiger partial charge < -0.3 is 14.7 Å². The fourth-order valence-electron chi connectivity index (χ4n) is 1.76. The lowest BCUT2D eigenvalue weighted by atomic mass is 10.1. The van der Waals surface area contributed by atoms with Crippen LogP contribution in [0.1, 0.15) is 31.1 Å². The standard InChI is InChI=1S/C14H21NO3/c1-5-18-12-8-6-7-11(9-12)13(16)15(4)10-14(2,3)17/h6-9,17H,5,10H2,1-4H3. The summed E-state index contributed by atoms with van der Waals surface area (Å²) >= 11 is 0. The summed E-state index contributed by atoms with van der Waals surface area (Å²) in [6.45, 7) is 6.09. The number of ether oxygens (including phenoxy) is 1. The molecule has 1 amide bonds. The van der Waals surface area contributed by atoms with Gasteiger partial charge in [-0.2, -0.15) is 0 Å². The third kappa shape index (κ3) is 4.37. The minimum atomic E-state index is -0.901. The predicted molar refractivity (Wildman–Crippen MR) is 70.9 cm³/mol. The normalized spacial score (nSPS) is 11.2. The van der Waals surface area contributed by atoms with Gasteiger partial charge in [0.25, 0.3) is 5.91 Å². The number of carbonyl (C=O) groups excluding carboxylic acids is 1. The number of carbonyl (C=O) groups is 1. The molecule has 0 saturated carbocycles. The van der Waals surface area contributed by atoms with Gasteiger partial charge in [-0.15, -0.1) is 0 Å². The minimum absolute atomic E-state index is 0.126. The Balaban J connectivity index is 2.80. The number of likely N-dealkylation sites (N-methyl/N-ethyl adjacent to an activating group) is 1. The minimum Gasteiger partial charge on any atom is -0.494 e. The molecule has 0 atom stereocenters. The second kappa shape index (κ2) is 5.87. The molecule has 0 aliphatic heterocycles. The van der Waals surface area contributed by atoms with Crippen LogP contribution in [0.2, 0.25) is 0 Å². The molecular weight excluding hydrogens is 230 g/mol. The Morgan fingerprint density at radius 1 is 1.44 bits per heavy atom. The highest BCUT2D eigenvalue weighted by atomic mass is 16.5. The number of hydrogen-bond acceptors (Lipinski definition) is 3. The molecule has 4 nitrogen and oxygen atoms in total. The summed E-state index contributed by atoms with van der Waals surface area (Å²) in [6.07, 6.45) is 0. The summed E-state index contributed by atoms with van der Waals surface area (Å²) in [6, 6.07) is 7.06. The summed E-state index contributed by atoms with van der Waals surface area (Å²) in [5.41, 5.74) is -0.338. The van der Waals surface area contributed by atoms with Crippen LogP contribution in [-0.2, 0) is 0 Å². The van der Waals surface area contributed by atoms with Crippen molar-refractivity contribution in [2.24, 2.45) is 0 Å². The first-order valence-corrected chi connectivity index (χ1v) is 6.04. The van der Waals surface area contributed by atoms with Crippen molar-refractivity contribution < 1.29 is 14.6 Å². The van der Waals surface area contributed by atoms with Crippen molar-refractivity contribution in [2.45, 2.75) is 26.4 Å². The van der Waals surface area contributed by atoms with Crippen LogP contribution in [0.25, 0.3) is 0 Å². The summed E-state index contributed by atoms with van der Waals surface area (Å²) in [5, 5.41) is 9.70. The first-order chi connectivity index (χ1) is 8.33. The summed E-state index contributed by atoms with van der Waals surface area (Å²) in [7, 11) is 1.67. The highest BCUT2D eigenvalue weighted by Gasteiger charge is 2.20. The van der Waals surface area contributed by atoms with Crippen LogP contribution < -0.4 is 4.74 Å². The van der Waals surface area contributed by atoms with Crippen LogP contribution in [-0.4, -0.2) is 41.7 Å². The SMILES string of the molecule is CCOc1cccc(C(=O)N(C)CC(C)(C)O)c1. The van der Waals surface area contributed by atoms with E-state index < -0.39 is 5.60 Å². The number of rotatable bonds is 5. The number of benzene rings is 1. The highest BCUT2D eigenvalue weighted by Crippen LogP contribution is 2.15. The second-order valence-electron chi connectivity index (χ2n) is 4.93. The average molecular weight is 251 g/mol. The molecule has 1 rings (SSSR count). The zero-order valence-corrected chi connectivity index (χ0v) is 11.4.